The largest absolute Gasteiger partial charge is 0.504 e. The molecule has 86 valence electrons. The van der Waals surface area contributed by atoms with Crippen molar-refractivity contribution in [2.45, 2.75) is 13.0 Å². The Bertz CT molecular complexity index is 418. The molecule has 0 spiro atoms. The van der Waals surface area contributed by atoms with Crippen molar-refractivity contribution >= 4 is 5.96 Å². The maximum atomic E-state index is 9.56. The Labute approximate surface area is 93.9 Å². The number of nitrogens with zero attached hydrogens (tertiary/aromatic N) is 1. The Morgan fingerprint density at radius 3 is 3.06 bits per heavy atom. The number of hydrogen-bond acceptors (Lipinski definition) is 5. The average Bonchev–Trinajstić information content (AvgIpc) is 2.69. The highest BCUT2D eigenvalue weighted by molar-refractivity contribution is 5.80. The summed E-state index contributed by atoms with van der Waals surface area (Å²) in [4.78, 5) is 4.07. The van der Waals surface area contributed by atoms with E-state index in [0.717, 1.165) is 5.56 Å². The zero-order valence-electron chi connectivity index (χ0n) is 9.10. The monoisotopic (exact) mass is 221 g/mol. The fourth-order valence-electron chi connectivity index (χ4n) is 1.67. The van der Waals surface area contributed by atoms with Crippen molar-refractivity contribution in [2.75, 3.05) is 13.2 Å². The van der Waals surface area contributed by atoms with Crippen LogP contribution in [0.3, 0.4) is 0 Å². The molecule has 2 rings (SSSR count). The van der Waals surface area contributed by atoms with Gasteiger partial charge in [-0.2, -0.15) is 0 Å². The SMILES string of the molecule is CCOc1cc(C2CN=C(N)N2)ccc1O. The molecule has 4 N–H and O–H groups in total. The van der Waals surface area contributed by atoms with Crippen molar-refractivity contribution in [1.29, 1.82) is 0 Å². The molecule has 5 nitrogen and oxygen atoms in total. The molecule has 5 heteroatoms. The van der Waals surface area contributed by atoms with Gasteiger partial charge >= 0.3 is 0 Å². The number of guanidine groups is 1. The van der Waals surface area contributed by atoms with E-state index >= 15 is 0 Å². The van der Waals surface area contributed by atoms with Crippen LogP contribution in [0.25, 0.3) is 0 Å². The lowest BCUT2D eigenvalue weighted by atomic mass is 10.1. The summed E-state index contributed by atoms with van der Waals surface area (Å²) >= 11 is 0. The highest BCUT2D eigenvalue weighted by atomic mass is 16.5. The molecule has 0 bridgehead atoms. The molecule has 0 saturated heterocycles. The maximum Gasteiger partial charge on any atom is 0.189 e. The first-order valence-electron chi connectivity index (χ1n) is 5.23. The van der Waals surface area contributed by atoms with Crippen LogP contribution in [0.2, 0.25) is 0 Å². The third kappa shape index (κ3) is 2.03. The minimum atomic E-state index is 0.0693. The zero-order valence-corrected chi connectivity index (χ0v) is 9.10. The third-order valence-corrected chi connectivity index (χ3v) is 2.45. The van der Waals surface area contributed by atoms with E-state index in [2.05, 4.69) is 10.3 Å². The summed E-state index contributed by atoms with van der Waals surface area (Å²) in [6, 6.07) is 5.34. The van der Waals surface area contributed by atoms with Crippen LogP contribution in [0.4, 0.5) is 0 Å². The summed E-state index contributed by atoms with van der Waals surface area (Å²) < 4.78 is 5.32. The standard InChI is InChI=1S/C11H15N3O2/c1-2-16-10-5-7(3-4-9(10)15)8-6-13-11(12)14-8/h3-5,8,15H,2,6H2,1H3,(H3,12,13,14). The molecule has 1 aliphatic heterocycles. The van der Waals surface area contributed by atoms with Crippen molar-refractivity contribution in [1.82, 2.24) is 5.32 Å². The maximum absolute atomic E-state index is 9.56. The van der Waals surface area contributed by atoms with Crippen LogP contribution in [0.1, 0.15) is 18.5 Å². The molecule has 1 unspecified atom stereocenters. The van der Waals surface area contributed by atoms with Gasteiger partial charge in [-0.15, -0.1) is 0 Å². The predicted octanol–water partition coefficient (Wildman–Crippen LogP) is 0.750. The number of nitrogens with two attached hydrogens (primary N) is 1. The molecule has 0 fully saturated rings. The number of phenols is 1. The fourth-order valence-corrected chi connectivity index (χ4v) is 1.67. The van der Waals surface area contributed by atoms with E-state index in [1.807, 2.05) is 19.1 Å². The van der Waals surface area contributed by atoms with Crippen molar-refractivity contribution in [3.63, 3.8) is 0 Å². The smallest absolute Gasteiger partial charge is 0.189 e. The Morgan fingerprint density at radius 2 is 2.44 bits per heavy atom. The Balaban J connectivity index is 2.19. The Hall–Kier alpha value is -1.91. The number of ether oxygens (including phenoxy) is 1. The zero-order chi connectivity index (χ0) is 11.5. The van der Waals surface area contributed by atoms with Crippen LogP contribution in [-0.2, 0) is 0 Å². The molecule has 0 amide bonds. The Kier molecular flexibility index (Phi) is 2.85. The van der Waals surface area contributed by atoms with E-state index in [0.29, 0.717) is 24.9 Å². The van der Waals surface area contributed by atoms with Crippen LogP contribution in [0, 0.1) is 0 Å². The van der Waals surface area contributed by atoms with E-state index in [-0.39, 0.29) is 11.8 Å². The van der Waals surface area contributed by atoms with Gasteiger partial charge < -0.3 is 20.9 Å². The summed E-state index contributed by atoms with van der Waals surface area (Å²) in [7, 11) is 0. The highest BCUT2D eigenvalue weighted by Crippen LogP contribution is 2.30. The molecule has 0 saturated carbocycles. The second-order valence-electron chi connectivity index (χ2n) is 3.58. The van der Waals surface area contributed by atoms with Gasteiger partial charge in [0, 0.05) is 0 Å². The van der Waals surface area contributed by atoms with E-state index in [1.165, 1.54) is 0 Å². The van der Waals surface area contributed by atoms with Gasteiger partial charge in [0.05, 0.1) is 19.2 Å². The van der Waals surface area contributed by atoms with Crippen LogP contribution < -0.4 is 15.8 Å². The molecule has 1 aromatic carbocycles. The van der Waals surface area contributed by atoms with Crippen LogP contribution >= 0.6 is 0 Å². The van der Waals surface area contributed by atoms with Crippen molar-refractivity contribution in [3.05, 3.63) is 23.8 Å². The van der Waals surface area contributed by atoms with Gasteiger partial charge in [-0.05, 0) is 24.6 Å². The van der Waals surface area contributed by atoms with Gasteiger partial charge in [0.25, 0.3) is 0 Å². The van der Waals surface area contributed by atoms with E-state index in [1.54, 1.807) is 6.07 Å². The number of benzene rings is 1. The van der Waals surface area contributed by atoms with Gasteiger partial charge in [-0.3, -0.25) is 4.99 Å². The summed E-state index contributed by atoms with van der Waals surface area (Å²) in [5, 5.41) is 12.6. The molecular weight excluding hydrogens is 206 g/mol. The second kappa shape index (κ2) is 4.30. The van der Waals surface area contributed by atoms with Crippen LogP contribution in [0.15, 0.2) is 23.2 Å². The molecule has 1 aromatic rings. The van der Waals surface area contributed by atoms with E-state index in [4.69, 9.17) is 10.5 Å². The predicted molar refractivity (Wildman–Crippen MR) is 61.6 cm³/mol. The summed E-state index contributed by atoms with van der Waals surface area (Å²) in [6.07, 6.45) is 0. The number of nitrogens with one attached hydrogen (secondary N) is 1. The first kappa shape index (κ1) is 10.6. The molecule has 16 heavy (non-hydrogen) atoms. The van der Waals surface area contributed by atoms with Crippen molar-refractivity contribution in [3.8, 4) is 11.5 Å². The summed E-state index contributed by atoms with van der Waals surface area (Å²) in [5.41, 5.74) is 6.55. The van der Waals surface area contributed by atoms with Crippen LogP contribution in [-0.4, -0.2) is 24.2 Å². The van der Waals surface area contributed by atoms with Crippen molar-refractivity contribution < 1.29 is 9.84 Å². The van der Waals surface area contributed by atoms with E-state index in [9.17, 15) is 5.11 Å². The Morgan fingerprint density at radius 1 is 1.62 bits per heavy atom. The second-order valence-corrected chi connectivity index (χ2v) is 3.58. The van der Waals surface area contributed by atoms with E-state index < -0.39 is 0 Å². The first-order chi connectivity index (χ1) is 7.70. The average molecular weight is 221 g/mol. The molecule has 0 aliphatic carbocycles. The fraction of sp³-hybridized carbons (Fsp3) is 0.364. The van der Waals surface area contributed by atoms with Crippen molar-refractivity contribution in [2.24, 2.45) is 10.7 Å². The lowest BCUT2D eigenvalue weighted by Crippen LogP contribution is -2.29. The molecule has 1 aliphatic rings. The third-order valence-electron chi connectivity index (χ3n) is 2.45. The quantitative estimate of drug-likeness (QED) is 0.703. The molecular formula is C11H15N3O2. The summed E-state index contributed by atoms with van der Waals surface area (Å²) in [5.74, 6) is 1.10. The molecule has 0 aromatic heterocycles. The highest BCUT2D eigenvalue weighted by Gasteiger charge is 2.18. The van der Waals surface area contributed by atoms with Gasteiger partial charge in [0.2, 0.25) is 0 Å². The minimum absolute atomic E-state index is 0.0693. The minimum Gasteiger partial charge on any atom is -0.504 e. The molecule has 1 atom stereocenters. The summed E-state index contributed by atoms with van der Waals surface area (Å²) in [6.45, 7) is 3.01. The topological polar surface area (TPSA) is 79.9 Å². The lowest BCUT2D eigenvalue weighted by molar-refractivity contribution is 0.317. The van der Waals surface area contributed by atoms with Gasteiger partial charge in [0.1, 0.15) is 0 Å². The van der Waals surface area contributed by atoms with Gasteiger partial charge in [0.15, 0.2) is 17.5 Å². The normalized spacial score (nSPS) is 19.1. The van der Waals surface area contributed by atoms with Gasteiger partial charge in [-0.25, -0.2) is 0 Å². The number of phenolic OH excluding ortho intramolecular Hbond substituents is 1. The number of rotatable bonds is 3. The number of aliphatic imine (C=N–C) groups is 1. The number of aromatic hydroxyl groups is 1. The first-order valence-corrected chi connectivity index (χ1v) is 5.23. The molecule has 1 heterocycles. The van der Waals surface area contributed by atoms with Gasteiger partial charge in [-0.1, -0.05) is 6.07 Å². The number of hydrogen-bond donors (Lipinski definition) is 3. The molecule has 0 radical (unpaired) electrons. The van der Waals surface area contributed by atoms with Crippen LogP contribution in [0.5, 0.6) is 11.5 Å². The lowest BCUT2D eigenvalue weighted by Gasteiger charge is -2.13.